The maximum absolute atomic E-state index is 6.12. The van der Waals surface area contributed by atoms with E-state index in [0.717, 1.165) is 30.5 Å². The standard InChI is InChI=1S/C29H34N4O/c1-22-3-5-23(6-4-22)29(12-2-13-29)24-7-9-26(10-8-24)34-19-25-11-16-31-27(32-25)33-17-14-28(15-18-33)20-30-21-28/h3-11,16,30H,2,12-15,17-21H2,1H3. The van der Waals surface area contributed by atoms with E-state index in [0.29, 0.717) is 12.0 Å². The summed E-state index contributed by atoms with van der Waals surface area (Å²) in [6.07, 6.45) is 8.03. The molecule has 3 heterocycles. The molecule has 6 rings (SSSR count). The molecule has 3 aliphatic rings. The first-order chi connectivity index (χ1) is 16.6. The highest BCUT2D eigenvalue weighted by Crippen LogP contribution is 2.49. The van der Waals surface area contributed by atoms with Crippen LogP contribution in [0, 0.1) is 12.3 Å². The van der Waals surface area contributed by atoms with Crippen molar-refractivity contribution in [2.75, 3.05) is 31.1 Å². The molecule has 0 atom stereocenters. The largest absolute Gasteiger partial charge is 0.487 e. The molecule has 2 saturated heterocycles. The zero-order valence-electron chi connectivity index (χ0n) is 20.1. The molecule has 3 aromatic rings. The Morgan fingerprint density at radius 2 is 1.56 bits per heavy atom. The van der Waals surface area contributed by atoms with Crippen molar-refractivity contribution < 1.29 is 4.74 Å². The molecule has 3 fully saturated rings. The molecular weight excluding hydrogens is 420 g/mol. The Morgan fingerprint density at radius 3 is 2.15 bits per heavy atom. The van der Waals surface area contributed by atoms with E-state index in [4.69, 9.17) is 9.72 Å². The zero-order chi connectivity index (χ0) is 23.0. The summed E-state index contributed by atoms with van der Waals surface area (Å²) < 4.78 is 6.12. The molecule has 0 radical (unpaired) electrons. The van der Waals surface area contributed by atoms with Gasteiger partial charge < -0.3 is 15.0 Å². The number of ether oxygens (including phenoxy) is 1. The first-order valence-corrected chi connectivity index (χ1v) is 12.7. The van der Waals surface area contributed by atoms with Crippen molar-refractivity contribution in [2.45, 2.75) is 51.0 Å². The van der Waals surface area contributed by atoms with E-state index in [-0.39, 0.29) is 5.41 Å². The number of hydrogen-bond donors (Lipinski definition) is 1. The summed E-state index contributed by atoms with van der Waals surface area (Å²) in [6.45, 7) is 7.02. The number of nitrogens with one attached hydrogen (secondary N) is 1. The molecule has 1 spiro atoms. The van der Waals surface area contributed by atoms with Crippen molar-refractivity contribution in [1.29, 1.82) is 0 Å². The van der Waals surface area contributed by atoms with Crippen LogP contribution in [-0.2, 0) is 12.0 Å². The second-order valence-corrected chi connectivity index (χ2v) is 10.6. The van der Waals surface area contributed by atoms with Gasteiger partial charge in [0.15, 0.2) is 0 Å². The van der Waals surface area contributed by atoms with Crippen molar-refractivity contribution in [3.63, 3.8) is 0 Å². The van der Waals surface area contributed by atoms with Crippen molar-refractivity contribution in [2.24, 2.45) is 5.41 Å². The number of anilines is 1. The van der Waals surface area contributed by atoms with Gasteiger partial charge in [0.25, 0.3) is 0 Å². The van der Waals surface area contributed by atoms with Gasteiger partial charge in [-0.3, -0.25) is 0 Å². The number of aromatic nitrogens is 2. The Morgan fingerprint density at radius 1 is 0.882 bits per heavy atom. The molecule has 2 aromatic carbocycles. The van der Waals surface area contributed by atoms with Crippen LogP contribution >= 0.6 is 0 Å². The Balaban J connectivity index is 1.10. The van der Waals surface area contributed by atoms with Crippen LogP contribution in [0.1, 0.15) is 54.5 Å². The summed E-state index contributed by atoms with van der Waals surface area (Å²) in [5.74, 6) is 1.73. The van der Waals surface area contributed by atoms with Crippen LogP contribution in [0.25, 0.3) is 0 Å². The fourth-order valence-electron chi connectivity index (χ4n) is 5.80. The van der Waals surface area contributed by atoms with Gasteiger partial charge in [0.2, 0.25) is 5.95 Å². The van der Waals surface area contributed by atoms with Gasteiger partial charge in [-0.15, -0.1) is 0 Å². The summed E-state index contributed by atoms with van der Waals surface area (Å²) in [6, 6.07) is 19.8. The Bertz CT molecular complexity index is 1120. The third-order valence-electron chi connectivity index (χ3n) is 8.41. The highest BCUT2D eigenvalue weighted by atomic mass is 16.5. The Hall–Kier alpha value is -2.92. The predicted octanol–water partition coefficient (Wildman–Crippen LogP) is 5.02. The lowest BCUT2D eigenvalue weighted by Crippen LogP contribution is -2.58. The van der Waals surface area contributed by atoms with Gasteiger partial charge >= 0.3 is 0 Å². The summed E-state index contributed by atoms with van der Waals surface area (Å²) in [4.78, 5) is 11.7. The number of hydrogen-bond acceptors (Lipinski definition) is 5. The number of aryl methyl sites for hydroxylation is 1. The maximum atomic E-state index is 6.12. The van der Waals surface area contributed by atoms with E-state index in [2.05, 4.69) is 70.7 Å². The number of rotatable bonds is 6. The van der Waals surface area contributed by atoms with Crippen LogP contribution in [0.4, 0.5) is 5.95 Å². The van der Waals surface area contributed by atoms with Crippen LogP contribution in [0.5, 0.6) is 5.75 Å². The van der Waals surface area contributed by atoms with E-state index in [1.54, 1.807) is 0 Å². The highest BCUT2D eigenvalue weighted by molar-refractivity contribution is 5.44. The lowest BCUT2D eigenvalue weighted by molar-refractivity contribution is 0.126. The van der Waals surface area contributed by atoms with E-state index >= 15 is 0 Å². The van der Waals surface area contributed by atoms with Crippen LogP contribution in [0.15, 0.2) is 60.8 Å². The van der Waals surface area contributed by atoms with Crippen LogP contribution < -0.4 is 15.0 Å². The topological polar surface area (TPSA) is 50.3 Å². The number of nitrogens with zero attached hydrogens (tertiary/aromatic N) is 3. The summed E-state index contributed by atoms with van der Waals surface area (Å²) in [7, 11) is 0. The molecule has 34 heavy (non-hydrogen) atoms. The second kappa shape index (κ2) is 8.70. The molecule has 2 aliphatic heterocycles. The molecule has 0 unspecified atom stereocenters. The monoisotopic (exact) mass is 454 g/mol. The van der Waals surface area contributed by atoms with Gasteiger partial charge in [0.1, 0.15) is 12.4 Å². The lowest BCUT2D eigenvalue weighted by atomic mass is 9.60. The van der Waals surface area contributed by atoms with Gasteiger partial charge in [-0.25, -0.2) is 9.97 Å². The normalized spacial score (nSPS) is 20.4. The Kier molecular flexibility index (Phi) is 5.53. The fraction of sp³-hybridized carbons (Fsp3) is 0.448. The molecule has 5 nitrogen and oxygen atoms in total. The van der Waals surface area contributed by atoms with Gasteiger partial charge in [-0.2, -0.15) is 0 Å². The van der Waals surface area contributed by atoms with Gasteiger partial charge in [0, 0.05) is 37.8 Å². The third kappa shape index (κ3) is 3.96. The average Bonchev–Trinajstić information content (AvgIpc) is 2.83. The smallest absolute Gasteiger partial charge is 0.225 e. The molecule has 0 amide bonds. The minimum absolute atomic E-state index is 0.163. The highest BCUT2D eigenvalue weighted by Gasteiger charge is 2.41. The number of piperidine rings is 1. The molecule has 176 valence electrons. The third-order valence-corrected chi connectivity index (χ3v) is 8.41. The minimum atomic E-state index is 0.163. The molecule has 0 bridgehead atoms. The molecule has 1 aromatic heterocycles. The van der Waals surface area contributed by atoms with E-state index in [1.807, 2.05) is 12.3 Å². The maximum Gasteiger partial charge on any atom is 0.225 e. The first-order valence-electron chi connectivity index (χ1n) is 12.7. The summed E-state index contributed by atoms with van der Waals surface area (Å²) >= 11 is 0. The molecule has 1 aliphatic carbocycles. The molecule has 1 N–H and O–H groups in total. The molecular formula is C29H34N4O. The van der Waals surface area contributed by atoms with Gasteiger partial charge in [-0.1, -0.05) is 48.4 Å². The average molecular weight is 455 g/mol. The van der Waals surface area contributed by atoms with Gasteiger partial charge in [0.05, 0.1) is 5.69 Å². The Labute approximate surface area is 202 Å². The van der Waals surface area contributed by atoms with Crippen molar-refractivity contribution in [3.05, 3.63) is 83.2 Å². The predicted molar refractivity (Wildman–Crippen MR) is 135 cm³/mol. The van der Waals surface area contributed by atoms with Crippen LogP contribution in [0.3, 0.4) is 0 Å². The lowest BCUT2D eigenvalue weighted by Gasteiger charge is -2.48. The summed E-state index contributed by atoms with van der Waals surface area (Å²) in [5.41, 5.74) is 5.76. The van der Waals surface area contributed by atoms with Crippen molar-refractivity contribution >= 4 is 5.95 Å². The van der Waals surface area contributed by atoms with Crippen molar-refractivity contribution in [1.82, 2.24) is 15.3 Å². The van der Waals surface area contributed by atoms with E-state index in [1.165, 1.54) is 61.9 Å². The number of benzene rings is 2. The zero-order valence-corrected chi connectivity index (χ0v) is 20.1. The SMILES string of the molecule is Cc1ccc(C2(c3ccc(OCc4ccnc(N5CCC6(CC5)CNC6)n4)cc3)CCC2)cc1. The van der Waals surface area contributed by atoms with E-state index < -0.39 is 0 Å². The van der Waals surface area contributed by atoms with Gasteiger partial charge in [-0.05, 0) is 67.3 Å². The quantitative estimate of drug-likeness (QED) is 0.567. The van der Waals surface area contributed by atoms with Crippen LogP contribution in [-0.4, -0.2) is 36.1 Å². The second-order valence-electron chi connectivity index (χ2n) is 10.6. The van der Waals surface area contributed by atoms with Crippen LogP contribution in [0.2, 0.25) is 0 Å². The van der Waals surface area contributed by atoms with Crippen molar-refractivity contribution in [3.8, 4) is 5.75 Å². The molecule has 5 heteroatoms. The molecule has 1 saturated carbocycles. The first kappa shape index (κ1) is 21.6. The fourth-order valence-corrected chi connectivity index (χ4v) is 5.80. The summed E-state index contributed by atoms with van der Waals surface area (Å²) in [5, 5.41) is 3.43. The van der Waals surface area contributed by atoms with E-state index in [9.17, 15) is 0 Å². The minimum Gasteiger partial charge on any atom is -0.487 e.